The Labute approximate surface area is 120 Å². The van der Waals surface area contributed by atoms with Crippen LogP contribution in [-0.4, -0.2) is 0 Å². The molecule has 1 aromatic rings. The quantitative estimate of drug-likeness (QED) is 0.794. The molecule has 0 radical (unpaired) electrons. The van der Waals surface area contributed by atoms with Crippen molar-refractivity contribution in [3.05, 3.63) is 40.5 Å². The summed E-state index contributed by atoms with van der Waals surface area (Å²) >= 11 is 0. The fourth-order valence-electron chi connectivity index (χ4n) is 4.06. The fourth-order valence-corrected chi connectivity index (χ4v) is 4.06. The van der Waals surface area contributed by atoms with E-state index in [0.29, 0.717) is 17.4 Å². The van der Waals surface area contributed by atoms with E-state index in [1.807, 2.05) is 6.07 Å². The first-order chi connectivity index (χ1) is 9.80. The van der Waals surface area contributed by atoms with Crippen molar-refractivity contribution in [1.82, 2.24) is 0 Å². The minimum Gasteiger partial charge on any atom is -0.192 e. The van der Waals surface area contributed by atoms with E-state index in [0.717, 1.165) is 29.0 Å². The van der Waals surface area contributed by atoms with E-state index in [9.17, 15) is 10.5 Å². The van der Waals surface area contributed by atoms with E-state index in [2.05, 4.69) is 31.2 Å². The molecule has 2 nitrogen and oxygen atoms in total. The number of nitrogens with zero attached hydrogens (tertiary/aromatic N) is 2. The molecular formula is C18H18N2. The summed E-state index contributed by atoms with van der Waals surface area (Å²) in [6.45, 7) is 2.24. The molecule has 20 heavy (non-hydrogen) atoms. The van der Waals surface area contributed by atoms with Crippen molar-refractivity contribution in [2.45, 2.75) is 38.5 Å². The SMILES string of the molecule is CCC[C@H]1CC[C@H]2c3c(C#N)ccc(C#N)c3C=C[C@@H]12. The standard InChI is InChI=1S/C18H18N2/c1-2-3-12-6-7-17-15(12)8-9-16-13(10-19)4-5-14(11-20)18(16)17/h4-5,8-9,12,15,17H,2-3,6-7H2,1H3/t12-,15-,17+/m0/s1. The molecule has 0 saturated heterocycles. The molecule has 2 aliphatic rings. The average molecular weight is 262 g/mol. The molecule has 0 unspecified atom stereocenters. The minimum absolute atomic E-state index is 0.439. The van der Waals surface area contributed by atoms with Gasteiger partial charge >= 0.3 is 0 Å². The summed E-state index contributed by atoms with van der Waals surface area (Å²) in [5.74, 6) is 1.74. The molecule has 2 heteroatoms. The van der Waals surface area contributed by atoms with Crippen LogP contribution in [0.2, 0.25) is 0 Å². The van der Waals surface area contributed by atoms with Crippen LogP contribution in [0.25, 0.3) is 6.08 Å². The van der Waals surface area contributed by atoms with Crippen LogP contribution in [0.3, 0.4) is 0 Å². The zero-order chi connectivity index (χ0) is 14.1. The van der Waals surface area contributed by atoms with Crippen molar-refractivity contribution >= 4 is 6.08 Å². The second-order valence-electron chi connectivity index (χ2n) is 5.88. The molecule has 100 valence electrons. The lowest BCUT2D eigenvalue weighted by Crippen LogP contribution is -2.17. The summed E-state index contributed by atoms with van der Waals surface area (Å²) in [6, 6.07) is 8.18. The summed E-state index contributed by atoms with van der Waals surface area (Å²) in [5.41, 5.74) is 3.59. The predicted octanol–water partition coefficient (Wildman–Crippen LogP) is 4.37. The Balaban J connectivity index is 2.10. The Morgan fingerprint density at radius 3 is 2.60 bits per heavy atom. The Bertz CT molecular complexity index is 643. The van der Waals surface area contributed by atoms with Crippen molar-refractivity contribution < 1.29 is 0 Å². The van der Waals surface area contributed by atoms with Crippen LogP contribution in [0.4, 0.5) is 0 Å². The normalized spacial score (nSPS) is 26.4. The van der Waals surface area contributed by atoms with E-state index in [1.54, 1.807) is 6.07 Å². The molecule has 1 aromatic carbocycles. The highest BCUT2D eigenvalue weighted by Gasteiger charge is 2.39. The van der Waals surface area contributed by atoms with Crippen LogP contribution in [0, 0.1) is 34.5 Å². The third kappa shape index (κ3) is 1.84. The van der Waals surface area contributed by atoms with Gasteiger partial charge in [0.1, 0.15) is 0 Å². The summed E-state index contributed by atoms with van der Waals surface area (Å²) in [7, 11) is 0. The summed E-state index contributed by atoms with van der Waals surface area (Å²) in [6.07, 6.45) is 9.26. The summed E-state index contributed by atoms with van der Waals surface area (Å²) in [5, 5.41) is 18.7. The van der Waals surface area contributed by atoms with Gasteiger partial charge in [0.15, 0.2) is 0 Å². The first-order valence-electron chi connectivity index (χ1n) is 7.45. The molecule has 0 bridgehead atoms. The zero-order valence-electron chi connectivity index (χ0n) is 11.8. The lowest BCUT2D eigenvalue weighted by molar-refractivity contribution is 0.401. The second-order valence-corrected chi connectivity index (χ2v) is 5.88. The molecule has 0 amide bonds. The van der Waals surface area contributed by atoms with Crippen molar-refractivity contribution in [1.29, 1.82) is 10.5 Å². The Hall–Kier alpha value is -2.06. The van der Waals surface area contributed by atoms with Gasteiger partial charge in [0.05, 0.1) is 23.3 Å². The number of nitriles is 2. The lowest BCUT2D eigenvalue weighted by Gasteiger charge is -2.28. The van der Waals surface area contributed by atoms with Crippen molar-refractivity contribution in [3.8, 4) is 12.1 Å². The van der Waals surface area contributed by atoms with Crippen LogP contribution >= 0.6 is 0 Å². The Morgan fingerprint density at radius 1 is 1.15 bits per heavy atom. The molecule has 0 spiro atoms. The number of hydrogen-bond acceptors (Lipinski definition) is 2. The van der Waals surface area contributed by atoms with Gasteiger partial charge in [-0.2, -0.15) is 10.5 Å². The van der Waals surface area contributed by atoms with Crippen molar-refractivity contribution in [3.63, 3.8) is 0 Å². The van der Waals surface area contributed by atoms with Crippen LogP contribution < -0.4 is 0 Å². The number of benzene rings is 1. The van der Waals surface area contributed by atoms with Gasteiger partial charge in [-0.3, -0.25) is 0 Å². The highest BCUT2D eigenvalue weighted by atomic mass is 14.4. The lowest BCUT2D eigenvalue weighted by atomic mass is 9.75. The van der Waals surface area contributed by atoms with E-state index < -0.39 is 0 Å². The monoisotopic (exact) mass is 262 g/mol. The van der Waals surface area contributed by atoms with Crippen LogP contribution in [0.1, 0.15) is 60.8 Å². The number of rotatable bonds is 2. The number of hydrogen-bond donors (Lipinski definition) is 0. The maximum atomic E-state index is 9.39. The van der Waals surface area contributed by atoms with E-state index in [1.165, 1.54) is 19.3 Å². The van der Waals surface area contributed by atoms with Crippen LogP contribution in [0.15, 0.2) is 18.2 Å². The van der Waals surface area contributed by atoms with Gasteiger partial charge in [-0.15, -0.1) is 0 Å². The minimum atomic E-state index is 0.439. The maximum Gasteiger partial charge on any atom is 0.0998 e. The van der Waals surface area contributed by atoms with Crippen molar-refractivity contribution in [2.24, 2.45) is 11.8 Å². The predicted molar refractivity (Wildman–Crippen MR) is 78.8 cm³/mol. The largest absolute Gasteiger partial charge is 0.192 e. The highest BCUT2D eigenvalue weighted by Crippen LogP contribution is 2.51. The molecule has 3 atom stereocenters. The molecular weight excluding hydrogens is 244 g/mol. The summed E-state index contributed by atoms with van der Waals surface area (Å²) < 4.78 is 0. The number of fused-ring (bicyclic) bond motifs is 3. The molecule has 0 heterocycles. The molecule has 0 aromatic heterocycles. The molecule has 3 rings (SSSR count). The van der Waals surface area contributed by atoms with Gasteiger partial charge in [0, 0.05) is 0 Å². The van der Waals surface area contributed by atoms with E-state index >= 15 is 0 Å². The topological polar surface area (TPSA) is 47.6 Å². The summed E-state index contributed by atoms with van der Waals surface area (Å²) in [4.78, 5) is 0. The van der Waals surface area contributed by atoms with Gasteiger partial charge in [-0.25, -0.2) is 0 Å². The maximum absolute atomic E-state index is 9.39. The molecule has 1 fully saturated rings. The molecule has 0 N–H and O–H groups in total. The fraction of sp³-hybridized carbons (Fsp3) is 0.444. The third-order valence-electron chi connectivity index (χ3n) is 4.90. The van der Waals surface area contributed by atoms with Gasteiger partial charge in [0.25, 0.3) is 0 Å². The van der Waals surface area contributed by atoms with Gasteiger partial charge < -0.3 is 0 Å². The highest BCUT2D eigenvalue weighted by molar-refractivity contribution is 5.69. The third-order valence-corrected chi connectivity index (χ3v) is 4.90. The van der Waals surface area contributed by atoms with Gasteiger partial charge in [-0.1, -0.05) is 31.9 Å². The molecule has 1 saturated carbocycles. The zero-order valence-corrected chi connectivity index (χ0v) is 11.8. The van der Waals surface area contributed by atoms with Crippen LogP contribution in [-0.2, 0) is 0 Å². The van der Waals surface area contributed by atoms with Crippen molar-refractivity contribution in [2.75, 3.05) is 0 Å². The molecule has 0 aliphatic heterocycles. The van der Waals surface area contributed by atoms with Crippen LogP contribution in [0.5, 0.6) is 0 Å². The Kier molecular flexibility index (Phi) is 3.33. The first kappa shape index (κ1) is 12.9. The average Bonchev–Trinajstić information content (AvgIpc) is 2.89. The smallest absolute Gasteiger partial charge is 0.0998 e. The van der Waals surface area contributed by atoms with Gasteiger partial charge in [-0.05, 0) is 53.9 Å². The number of allylic oxidation sites excluding steroid dienone is 1. The van der Waals surface area contributed by atoms with E-state index in [4.69, 9.17) is 0 Å². The first-order valence-corrected chi connectivity index (χ1v) is 7.45. The van der Waals surface area contributed by atoms with Gasteiger partial charge in [0.2, 0.25) is 0 Å². The van der Waals surface area contributed by atoms with E-state index in [-0.39, 0.29) is 0 Å². The Morgan fingerprint density at radius 2 is 1.90 bits per heavy atom. The molecule has 2 aliphatic carbocycles. The second kappa shape index (κ2) is 5.14.